The highest BCUT2D eigenvalue weighted by atomic mass is 32.2. The molecule has 2 aliphatic heterocycles. The molecule has 172 valence electrons. The number of nitrogens with zero attached hydrogens (tertiary/aromatic N) is 2. The van der Waals surface area contributed by atoms with E-state index in [0.717, 1.165) is 46.4 Å². The zero-order valence-corrected chi connectivity index (χ0v) is 19.4. The molecule has 0 radical (unpaired) electrons. The summed E-state index contributed by atoms with van der Waals surface area (Å²) in [5.41, 5.74) is 1.90. The predicted molar refractivity (Wildman–Crippen MR) is 133 cm³/mol. The van der Waals surface area contributed by atoms with Crippen molar-refractivity contribution in [3.8, 4) is 5.75 Å². The lowest BCUT2D eigenvalue weighted by Crippen LogP contribution is -2.40. The monoisotopic (exact) mass is 472 g/mol. The molecule has 2 saturated heterocycles. The molecule has 0 aromatic heterocycles. The van der Waals surface area contributed by atoms with E-state index in [1.807, 2.05) is 42.5 Å². The van der Waals surface area contributed by atoms with Gasteiger partial charge in [-0.1, -0.05) is 54.6 Å². The lowest BCUT2D eigenvalue weighted by atomic mass is 10.1. The largest absolute Gasteiger partial charge is 0.489 e. The lowest BCUT2D eigenvalue weighted by molar-refractivity contribution is -0.135. The molecule has 0 atom stereocenters. The first kappa shape index (κ1) is 22.2. The van der Waals surface area contributed by atoms with Crippen molar-refractivity contribution in [3.05, 3.63) is 82.8 Å². The van der Waals surface area contributed by atoms with Crippen molar-refractivity contribution in [2.45, 2.75) is 19.4 Å². The van der Waals surface area contributed by atoms with E-state index in [9.17, 15) is 14.4 Å². The summed E-state index contributed by atoms with van der Waals surface area (Å²) in [6, 6.07) is 21.8. The second-order valence-corrected chi connectivity index (χ2v) is 9.34. The molecule has 0 unspecified atom stereocenters. The van der Waals surface area contributed by atoms with Crippen LogP contribution < -0.4 is 4.74 Å². The normalized spacial score (nSPS) is 17.2. The Labute approximate surface area is 202 Å². The van der Waals surface area contributed by atoms with Crippen LogP contribution >= 0.6 is 11.8 Å². The highest BCUT2D eigenvalue weighted by molar-refractivity contribution is 8.18. The number of imide groups is 1. The van der Waals surface area contributed by atoms with Crippen molar-refractivity contribution in [1.82, 2.24) is 9.80 Å². The van der Waals surface area contributed by atoms with Gasteiger partial charge in [0, 0.05) is 13.1 Å². The SMILES string of the molecule is O=C(CN1C(=O)S/C(=C\c2ccc(OCc3cccc4ccccc34)cc2)C1=O)N1CCCC1. The number of hydrogen-bond donors (Lipinski definition) is 0. The topological polar surface area (TPSA) is 66.9 Å². The van der Waals surface area contributed by atoms with Gasteiger partial charge in [-0.25, -0.2) is 0 Å². The van der Waals surface area contributed by atoms with Gasteiger partial charge in [-0.05, 0) is 64.7 Å². The van der Waals surface area contributed by atoms with Crippen LogP contribution in [0.4, 0.5) is 4.79 Å². The van der Waals surface area contributed by atoms with E-state index in [-0.39, 0.29) is 12.5 Å². The zero-order valence-electron chi connectivity index (χ0n) is 18.6. The van der Waals surface area contributed by atoms with E-state index >= 15 is 0 Å². The summed E-state index contributed by atoms with van der Waals surface area (Å²) in [5, 5.41) is 1.94. The lowest BCUT2D eigenvalue weighted by Gasteiger charge is -2.18. The summed E-state index contributed by atoms with van der Waals surface area (Å²) in [5.74, 6) is 0.127. The number of amides is 3. The Morgan fingerprint density at radius 1 is 0.941 bits per heavy atom. The van der Waals surface area contributed by atoms with E-state index in [4.69, 9.17) is 4.74 Å². The molecule has 34 heavy (non-hydrogen) atoms. The summed E-state index contributed by atoms with van der Waals surface area (Å²) < 4.78 is 5.98. The minimum Gasteiger partial charge on any atom is -0.489 e. The molecule has 7 heteroatoms. The Morgan fingerprint density at radius 2 is 1.68 bits per heavy atom. The van der Waals surface area contributed by atoms with Gasteiger partial charge >= 0.3 is 0 Å². The molecule has 2 fully saturated rings. The van der Waals surface area contributed by atoms with Gasteiger partial charge in [-0.2, -0.15) is 0 Å². The minimum absolute atomic E-state index is 0.172. The fraction of sp³-hybridized carbons (Fsp3) is 0.222. The molecule has 0 spiro atoms. The van der Waals surface area contributed by atoms with Gasteiger partial charge in [0.1, 0.15) is 18.9 Å². The smallest absolute Gasteiger partial charge is 0.294 e. The second kappa shape index (κ2) is 9.73. The minimum atomic E-state index is -0.418. The predicted octanol–water partition coefficient (Wildman–Crippen LogP) is 5.08. The first-order valence-corrected chi connectivity index (χ1v) is 12.1. The first-order chi connectivity index (χ1) is 16.6. The van der Waals surface area contributed by atoms with Crippen LogP contribution in [0.2, 0.25) is 0 Å². The fourth-order valence-electron chi connectivity index (χ4n) is 4.23. The Kier molecular flexibility index (Phi) is 6.36. The molecule has 0 saturated carbocycles. The van der Waals surface area contributed by atoms with E-state index < -0.39 is 11.1 Å². The average molecular weight is 473 g/mol. The number of carbonyl (C=O) groups is 3. The van der Waals surface area contributed by atoms with Crippen LogP contribution in [0.5, 0.6) is 5.75 Å². The molecule has 2 aliphatic rings. The summed E-state index contributed by atoms with van der Waals surface area (Å²) in [6.45, 7) is 1.65. The molecule has 3 amide bonds. The Bertz CT molecular complexity index is 1270. The Balaban J connectivity index is 1.23. The Morgan fingerprint density at radius 3 is 2.47 bits per heavy atom. The maximum atomic E-state index is 12.7. The highest BCUT2D eigenvalue weighted by Gasteiger charge is 2.37. The molecule has 3 aromatic rings. The van der Waals surface area contributed by atoms with Gasteiger partial charge < -0.3 is 9.64 Å². The van der Waals surface area contributed by atoms with E-state index in [0.29, 0.717) is 24.6 Å². The molecule has 3 aromatic carbocycles. The van der Waals surface area contributed by atoms with Crippen molar-refractivity contribution < 1.29 is 19.1 Å². The van der Waals surface area contributed by atoms with Crippen molar-refractivity contribution in [3.63, 3.8) is 0 Å². The molecule has 2 heterocycles. The van der Waals surface area contributed by atoms with Crippen LogP contribution in [0.25, 0.3) is 16.8 Å². The van der Waals surface area contributed by atoms with Crippen LogP contribution in [0, 0.1) is 0 Å². The number of thioether (sulfide) groups is 1. The first-order valence-electron chi connectivity index (χ1n) is 11.3. The van der Waals surface area contributed by atoms with Gasteiger partial charge in [-0.15, -0.1) is 0 Å². The van der Waals surface area contributed by atoms with Gasteiger partial charge in [0.05, 0.1) is 4.91 Å². The molecular formula is C27H24N2O4S. The van der Waals surface area contributed by atoms with Gasteiger partial charge in [0.15, 0.2) is 0 Å². The number of ether oxygens (including phenoxy) is 1. The van der Waals surface area contributed by atoms with Crippen molar-refractivity contribution in [2.75, 3.05) is 19.6 Å². The number of likely N-dealkylation sites (tertiary alicyclic amines) is 1. The molecular weight excluding hydrogens is 448 g/mol. The number of rotatable bonds is 6. The van der Waals surface area contributed by atoms with Crippen LogP contribution in [0.1, 0.15) is 24.0 Å². The third kappa shape index (κ3) is 4.70. The van der Waals surface area contributed by atoms with E-state index in [1.54, 1.807) is 11.0 Å². The van der Waals surface area contributed by atoms with E-state index in [1.165, 1.54) is 10.8 Å². The van der Waals surface area contributed by atoms with Crippen LogP contribution in [0.3, 0.4) is 0 Å². The number of hydrogen-bond acceptors (Lipinski definition) is 5. The molecule has 0 bridgehead atoms. The molecule has 0 N–H and O–H groups in total. The molecule has 0 aliphatic carbocycles. The molecule has 5 rings (SSSR count). The highest BCUT2D eigenvalue weighted by Crippen LogP contribution is 2.32. The van der Waals surface area contributed by atoms with E-state index in [2.05, 4.69) is 24.3 Å². The van der Waals surface area contributed by atoms with Gasteiger partial charge in [0.2, 0.25) is 5.91 Å². The Hall–Kier alpha value is -3.58. The standard InChI is InChI=1S/C27H24N2O4S/c30-25(28-14-3-4-15-28)17-29-26(31)24(34-27(29)32)16-19-10-12-22(13-11-19)33-18-21-8-5-7-20-6-1-2-9-23(20)21/h1-2,5-13,16H,3-4,14-15,17-18H2/b24-16-. The van der Waals surface area contributed by atoms with Crippen LogP contribution in [0.15, 0.2) is 71.6 Å². The number of carbonyl (C=O) groups excluding carboxylic acids is 3. The van der Waals surface area contributed by atoms with Crippen LogP contribution in [-0.2, 0) is 16.2 Å². The quantitative estimate of drug-likeness (QED) is 0.468. The fourth-order valence-corrected chi connectivity index (χ4v) is 5.07. The summed E-state index contributed by atoms with van der Waals surface area (Å²) in [7, 11) is 0. The average Bonchev–Trinajstić information content (AvgIpc) is 3.49. The van der Waals surface area contributed by atoms with Crippen molar-refractivity contribution in [1.29, 1.82) is 0 Å². The maximum absolute atomic E-state index is 12.7. The zero-order chi connectivity index (χ0) is 23.5. The summed E-state index contributed by atoms with van der Waals surface area (Å²) in [4.78, 5) is 40.5. The number of benzene rings is 3. The second-order valence-electron chi connectivity index (χ2n) is 8.35. The maximum Gasteiger partial charge on any atom is 0.294 e. The summed E-state index contributed by atoms with van der Waals surface area (Å²) in [6.07, 6.45) is 3.62. The third-order valence-corrected chi connectivity index (χ3v) is 6.99. The van der Waals surface area contributed by atoms with Gasteiger partial charge in [0.25, 0.3) is 11.1 Å². The van der Waals surface area contributed by atoms with Gasteiger partial charge in [-0.3, -0.25) is 19.3 Å². The molecule has 6 nitrogen and oxygen atoms in total. The third-order valence-electron chi connectivity index (χ3n) is 6.08. The van der Waals surface area contributed by atoms with Crippen LogP contribution in [-0.4, -0.2) is 46.5 Å². The number of fused-ring (bicyclic) bond motifs is 1. The van der Waals surface area contributed by atoms with Crippen molar-refractivity contribution in [2.24, 2.45) is 0 Å². The summed E-state index contributed by atoms with van der Waals surface area (Å²) >= 11 is 0.871. The van der Waals surface area contributed by atoms with Crippen molar-refractivity contribution >= 4 is 45.7 Å².